The number of rotatable bonds is 7. The molecule has 1 aromatic carbocycles. The molecule has 3 aliphatic rings. The second kappa shape index (κ2) is 12.7. The van der Waals surface area contributed by atoms with Crippen LogP contribution >= 0.6 is 0 Å². The van der Waals surface area contributed by atoms with E-state index in [9.17, 15) is 19.5 Å². The molecule has 0 bridgehead atoms. The summed E-state index contributed by atoms with van der Waals surface area (Å²) < 4.78 is 51.7. The summed E-state index contributed by atoms with van der Waals surface area (Å²) in [4.78, 5) is 35.8. The van der Waals surface area contributed by atoms with Gasteiger partial charge >= 0.3 is 17.9 Å². The Balaban J connectivity index is 1.64. The lowest BCUT2D eigenvalue weighted by molar-refractivity contribution is -0.389. The van der Waals surface area contributed by atoms with Crippen molar-refractivity contribution in [1.29, 1.82) is 0 Å². The Morgan fingerprint density at radius 3 is 2.05 bits per heavy atom. The van der Waals surface area contributed by atoms with Gasteiger partial charge in [0.25, 0.3) is 0 Å². The van der Waals surface area contributed by atoms with Crippen LogP contribution in [0, 0.1) is 0 Å². The zero-order valence-electron chi connectivity index (χ0n) is 22.3. The van der Waals surface area contributed by atoms with Gasteiger partial charge in [-0.15, -0.1) is 0 Å². The number of aliphatic hydroxyl groups excluding tert-OH is 1. The van der Waals surface area contributed by atoms with Crippen molar-refractivity contribution >= 4 is 17.9 Å². The molecule has 0 radical (unpaired) electrons. The van der Waals surface area contributed by atoms with Gasteiger partial charge in [-0.05, 0) is 6.92 Å². The number of benzene rings is 1. The number of carbonyl (C=O) groups excluding carboxylic acids is 3. The van der Waals surface area contributed by atoms with Crippen molar-refractivity contribution in [3.63, 3.8) is 0 Å². The molecule has 0 spiro atoms. The van der Waals surface area contributed by atoms with Gasteiger partial charge in [0, 0.05) is 33.4 Å². The van der Waals surface area contributed by atoms with Crippen molar-refractivity contribution in [3.05, 3.63) is 35.9 Å². The summed E-state index contributed by atoms with van der Waals surface area (Å²) in [5, 5.41) is 11.2. The van der Waals surface area contributed by atoms with Crippen molar-refractivity contribution < 1.29 is 62.1 Å². The second-order valence-corrected chi connectivity index (χ2v) is 9.48. The third-order valence-corrected chi connectivity index (χ3v) is 6.54. The standard InChI is InChI=1S/C26H34O13/c1-12-19(34-13(2)27)22(35-14(3)28)23(36-15(4)29)26(33-12)39-21-18(30)25(31-5)37-17-11-32-24(38-20(17)21)16-9-7-6-8-10-16/h6-10,12,17-26,30H,11H2,1-5H3/t12-,17+,18+,19-,20+,21+,22+,23+,24+,25+,26-/m0/s1. The molecule has 3 fully saturated rings. The predicted molar refractivity (Wildman–Crippen MR) is 128 cm³/mol. The molecule has 13 nitrogen and oxygen atoms in total. The van der Waals surface area contributed by atoms with Crippen LogP contribution in [0.15, 0.2) is 30.3 Å². The summed E-state index contributed by atoms with van der Waals surface area (Å²) in [6, 6.07) is 9.20. The van der Waals surface area contributed by atoms with Crippen LogP contribution in [-0.4, -0.2) is 98.1 Å². The maximum Gasteiger partial charge on any atom is 0.303 e. The van der Waals surface area contributed by atoms with Crippen LogP contribution < -0.4 is 0 Å². The molecular formula is C26H34O13. The topological polar surface area (TPSA) is 155 Å². The minimum absolute atomic E-state index is 0.108. The van der Waals surface area contributed by atoms with Crippen LogP contribution in [0.3, 0.4) is 0 Å². The minimum Gasteiger partial charge on any atom is -0.456 e. The van der Waals surface area contributed by atoms with E-state index in [4.69, 9.17) is 42.6 Å². The lowest BCUT2D eigenvalue weighted by Crippen LogP contribution is -2.66. The van der Waals surface area contributed by atoms with Crippen LogP contribution in [0.5, 0.6) is 0 Å². The lowest BCUT2D eigenvalue weighted by Gasteiger charge is -2.50. The van der Waals surface area contributed by atoms with Crippen molar-refractivity contribution in [2.24, 2.45) is 0 Å². The Bertz CT molecular complexity index is 1000. The fraction of sp³-hybridized carbons (Fsp3) is 0.654. The third-order valence-electron chi connectivity index (χ3n) is 6.54. The monoisotopic (exact) mass is 554 g/mol. The summed E-state index contributed by atoms with van der Waals surface area (Å²) in [6.07, 6.45) is -11.8. The van der Waals surface area contributed by atoms with Crippen LogP contribution in [0.25, 0.3) is 0 Å². The second-order valence-electron chi connectivity index (χ2n) is 9.48. The van der Waals surface area contributed by atoms with E-state index < -0.39 is 85.6 Å². The third kappa shape index (κ3) is 6.74. The fourth-order valence-corrected chi connectivity index (χ4v) is 4.93. The Morgan fingerprint density at radius 1 is 0.821 bits per heavy atom. The van der Waals surface area contributed by atoms with Crippen molar-refractivity contribution in [3.8, 4) is 0 Å². The molecule has 3 heterocycles. The molecular weight excluding hydrogens is 520 g/mol. The first kappa shape index (κ1) is 29.3. The van der Waals surface area contributed by atoms with E-state index in [-0.39, 0.29) is 6.61 Å². The van der Waals surface area contributed by atoms with Gasteiger partial charge in [0.05, 0.1) is 12.7 Å². The minimum atomic E-state index is -1.36. The van der Waals surface area contributed by atoms with Gasteiger partial charge in [0.1, 0.15) is 24.4 Å². The molecule has 216 valence electrons. The Hall–Kier alpha value is -2.65. The Kier molecular flexibility index (Phi) is 9.54. The number of aliphatic hydroxyl groups is 1. The maximum atomic E-state index is 12.1. The molecule has 39 heavy (non-hydrogen) atoms. The van der Waals surface area contributed by atoms with Crippen LogP contribution in [-0.2, 0) is 57.0 Å². The normalized spacial score (nSPS) is 38.3. The van der Waals surface area contributed by atoms with Gasteiger partial charge in [-0.3, -0.25) is 14.4 Å². The summed E-state index contributed by atoms with van der Waals surface area (Å²) in [5.41, 5.74) is 0.748. The van der Waals surface area contributed by atoms with E-state index in [1.165, 1.54) is 21.0 Å². The largest absolute Gasteiger partial charge is 0.456 e. The van der Waals surface area contributed by atoms with Gasteiger partial charge in [-0.1, -0.05) is 30.3 Å². The number of esters is 3. The zero-order chi connectivity index (χ0) is 28.3. The molecule has 3 aliphatic heterocycles. The molecule has 0 unspecified atom stereocenters. The van der Waals surface area contributed by atoms with Gasteiger partial charge in [0.2, 0.25) is 0 Å². The molecule has 3 saturated heterocycles. The first-order valence-corrected chi connectivity index (χ1v) is 12.6. The molecule has 0 aliphatic carbocycles. The lowest BCUT2D eigenvalue weighted by atomic mass is 9.96. The summed E-state index contributed by atoms with van der Waals surface area (Å²) in [7, 11) is 1.36. The molecule has 1 aromatic rings. The number of ether oxygens (including phenoxy) is 9. The van der Waals surface area contributed by atoms with Gasteiger partial charge < -0.3 is 47.7 Å². The van der Waals surface area contributed by atoms with Crippen LogP contribution in [0.1, 0.15) is 39.5 Å². The van der Waals surface area contributed by atoms with E-state index in [1.807, 2.05) is 30.3 Å². The highest BCUT2D eigenvalue weighted by Crippen LogP contribution is 2.38. The molecule has 13 heteroatoms. The van der Waals surface area contributed by atoms with Crippen molar-refractivity contribution in [1.82, 2.24) is 0 Å². The van der Waals surface area contributed by atoms with Gasteiger partial charge in [0.15, 0.2) is 37.2 Å². The molecule has 0 saturated carbocycles. The quantitative estimate of drug-likeness (QED) is 0.373. The van der Waals surface area contributed by atoms with E-state index in [2.05, 4.69) is 0 Å². The van der Waals surface area contributed by atoms with Gasteiger partial charge in [-0.25, -0.2) is 0 Å². The average Bonchev–Trinajstić information content (AvgIpc) is 2.89. The van der Waals surface area contributed by atoms with Crippen molar-refractivity contribution in [2.75, 3.05) is 13.7 Å². The zero-order valence-corrected chi connectivity index (χ0v) is 22.3. The number of fused-ring (bicyclic) bond motifs is 1. The number of methoxy groups -OCH3 is 1. The molecule has 0 aromatic heterocycles. The van der Waals surface area contributed by atoms with E-state index in [0.717, 1.165) is 12.5 Å². The first-order chi connectivity index (χ1) is 18.6. The Morgan fingerprint density at radius 2 is 1.44 bits per heavy atom. The average molecular weight is 555 g/mol. The molecule has 11 atom stereocenters. The van der Waals surface area contributed by atoms with E-state index >= 15 is 0 Å². The summed E-state index contributed by atoms with van der Waals surface area (Å²) >= 11 is 0. The Labute approximate surface area is 225 Å². The smallest absolute Gasteiger partial charge is 0.303 e. The predicted octanol–water partition coefficient (Wildman–Crippen LogP) is 0.758. The van der Waals surface area contributed by atoms with Crippen LogP contribution in [0.2, 0.25) is 0 Å². The number of carbonyl (C=O) groups is 3. The SMILES string of the molecule is CO[C@@H]1O[C@@H]2CO[C@@H](c3ccccc3)O[C@H]2[C@H](O[C@@H]2O[C@@H](C)[C@H](OC(C)=O)[C@@H](OC(C)=O)[C@H]2OC(C)=O)[C@H]1O. The fourth-order valence-electron chi connectivity index (χ4n) is 4.93. The summed E-state index contributed by atoms with van der Waals surface area (Å²) in [5.74, 6) is -2.08. The number of hydrogen-bond donors (Lipinski definition) is 1. The highest BCUT2D eigenvalue weighted by atomic mass is 16.8. The molecule has 0 amide bonds. The molecule has 1 N–H and O–H groups in total. The number of hydrogen-bond acceptors (Lipinski definition) is 13. The highest BCUT2D eigenvalue weighted by Gasteiger charge is 2.56. The molecule has 4 rings (SSSR count). The summed E-state index contributed by atoms with van der Waals surface area (Å²) in [6.45, 7) is 5.21. The maximum absolute atomic E-state index is 12.1. The van der Waals surface area contributed by atoms with Crippen molar-refractivity contribution in [2.45, 2.75) is 95.4 Å². The first-order valence-electron chi connectivity index (χ1n) is 12.6. The van der Waals surface area contributed by atoms with Gasteiger partial charge in [-0.2, -0.15) is 0 Å². The van der Waals surface area contributed by atoms with E-state index in [1.54, 1.807) is 6.92 Å². The highest BCUT2D eigenvalue weighted by molar-refractivity contribution is 5.68. The van der Waals surface area contributed by atoms with E-state index in [0.29, 0.717) is 0 Å². The van der Waals surface area contributed by atoms with Crippen LogP contribution in [0.4, 0.5) is 0 Å².